The van der Waals surface area contributed by atoms with Crippen LogP contribution >= 0.6 is 0 Å². The van der Waals surface area contributed by atoms with Crippen molar-refractivity contribution in [3.63, 3.8) is 0 Å². The number of hydrogen-bond donors (Lipinski definition) is 0. The Bertz CT molecular complexity index is 1140. The van der Waals surface area contributed by atoms with E-state index >= 15 is 0 Å². The van der Waals surface area contributed by atoms with Crippen molar-refractivity contribution in [3.8, 4) is 39.7 Å². The fourth-order valence-electron chi connectivity index (χ4n) is 3.56. The van der Waals surface area contributed by atoms with Crippen LogP contribution in [0.15, 0.2) is 91.2 Å². The second-order valence-electron chi connectivity index (χ2n) is 6.57. The van der Waals surface area contributed by atoms with Gasteiger partial charge in [-0.1, -0.05) is 72.8 Å². The van der Waals surface area contributed by atoms with Gasteiger partial charge in [0.25, 0.3) is 0 Å². The molecule has 1 aromatic heterocycles. The van der Waals surface area contributed by atoms with Gasteiger partial charge in [0.05, 0.1) is 22.6 Å². The van der Waals surface area contributed by atoms with Gasteiger partial charge < -0.3 is 4.74 Å². The predicted octanol–water partition coefficient (Wildman–Crippen LogP) is 6.09. The van der Waals surface area contributed by atoms with E-state index in [9.17, 15) is 0 Å². The minimum atomic E-state index is 0.819. The Hall–Kier alpha value is -3.59. The van der Waals surface area contributed by atoms with Gasteiger partial charge in [0.15, 0.2) is 0 Å². The van der Waals surface area contributed by atoms with E-state index in [1.807, 2.05) is 30.3 Å². The van der Waals surface area contributed by atoms with Crippen LogP contribution in [0.3, 0.4) is 0 Å². The summed E-state index contributed by atoms with van der Waals surface area (Å²) < 4.78 is 8.11. The van der Waals surface area contributed by atoms with Crippen molar-refractivity contribution >= 4 is 5.70 Å². The molecule has 2 heterocycles. The molecule has 5 rings (SSSR count). The van der Waals surface area contributed by atoms with E-state index in [1.54, 1.807) is 6.26 Å². The number of aromatic nitrogens is 2. The lowest BCUT2D eigenvalue weighted by atomic mass is 10.0. The first-order chi connectivity index (χ1) is 13.3. The summed E-state index contributed by atoms with van der Waals surface area (Å²) in [6.45, 7) is 2.05. The zero-order valence-electron chi connectivity index (χ0n) is 15.0. The molecule has 0 saturated heterocycles. The van der Waals surface area contributed by atoms with Gasteiger partial charge in [-0.25, -0.2) is 4.98 Å². The molecule has 27 heavy (non-hydrogen) atoms. The number of fused-ring (bicyclic) bond motifs is 3. The third-order valence-corrected chi connectivity index (χ3v) is 4.81. The van der Waals surface area contributed by atoms with Crippen molar-refractivity contribution in [3.05, 3.63) is 91.2 Å². The van der Waals surface area contributed by atoms with Crippen LogP contribution in [-0.2, 0) is 0 Å². The first kappa shape index (κ1) is 15.6. The smallest absolute Gasteiger partial charge is 0.149 e. The zero-order chi connectivity index (χ0) is 18.2. The van der Waals surface area contributed by atoms with Gasteiger partial charge in [-0.3, -0.25) is 4.57 Å². The fourth-order valence-corrected chi connectivity index (χ4v) is 3.56. The van der Waals surface area contributed by atoms with Crippen molar-refractivity contribution in [2.45, 2.75) is 6.92 Å². The Kier molecular flexibility index (Phi) is 3.65. The SMILES string of the molecule is CC1=COc2ccccc2-c2nc(-c3ccccc3)c(-c3ccccc3)n21. The Labute approximate surface area is 158 Å². The molecular weight excluding hydrogens is 332 g/mol. The van der Waals surface area contributed by atoms with Crippen molar-refractivity contribution < 1.29 is 4.74 Å². The molecular formula is C24H18N2O. The highest BCUT2D eigenvalue weighted by molar-refractivity contribution is 5.86. The Balaban J connectivity index is 1.89. The minimum absolute atomic E-state index is 0.819. The van der Waals surface area contributed by atoms with E-state index in [0.717, 1.165) is 45.3 Å². The van der Waals surface area contributed by atoms with Gasteiger partial charge in [-0.15, -0.1) is 0 Å². The maximum Gasteiger partial charge on any atom is 0.149 e. The Morgan fingerprint density at radius 3 is 2.11 bits per heavy atom. The Morgan fingerprint density at radius 2 is 1.37 bits per heavy atom. The molecule has 1 aliphatic rings. The molecule has 3 heteroatoms. The molecule has 0 saturated carbocycles. The summed E-state index contributed by atoms with van der Waals surface area (Å²) in [6.07, 6.45) is 1.80. The summed E-state index contributed by atoms with van der Waals surface area (Å²) in [4.78, 5) is 5.09. The molecule has 0 spiro atoms. The van der Waals surface area contributed by atoms with Crippen molar-refractivity contribution in [2.75, 3.05) is 0 Å². The molecule has 4 aromatic rings. The minimum Gasteiger partial charge on any atom is -0.462 e. The van der Waals surface area contributed by atoms with E-state index in [0.29, 0.717) is 0 Å². The molecule has 3 nitrogen and oxygen atoms in total. The van der Waals surface area contributed by atoms with Crippen LogP contribution in [0.5, 0.6) is 5.75 Å². The number of benzene rings is 3. The topological polar surface area (TPSA) is 27.1 Å². The standard InChI is InChI=1S/C24H18N2O/c1-17-16-27-21-15-9-8-14-20(21)24-25-22(18-10-4-2-5-11-18)23(26(17)24)19-12-6-3-7-13-19/h2-16H,1H3. The summed E-state index contributed by atoms with van der Waals surface area (Å²) in [7, 11) is 0. The molecule has 0 bridgehead atoms. The zero-order valence-corrected chi connectivity index (χ0v) is 15.0. The highest BCUT2D eigenvalue weighted by Crippen LogP contribution is 2.41. The molecule has 0 atom stereocenters. The second kappa shape index (κ2) is 6.29. The summed E-state index contributed by atoms with van der Waals surface area (Å²) in [5, 5.41) is 0. The van der Waals surface area contributed by atoms with Crippen molar-refractivity contribution in [1.29, 1.82) is 0 Å². The highest BCUT2D eigenvalue weighted by atomic mass is 16.5. The largest absolute Gasteiger partial charge is 0.462 e. The average molecular weight is 350 g/mol. The lowest BCUT2D eigenvalue weighted by molar-refractivity contribution is 0.485. The number of rotatable bonds is 2. The van der Waals surface area contributed by atoms with Gasteiger partial charge >= 0.3 is 0 Å². The number of imidazole rings is 1. The van der Waals surface area contributed by atoms with Crippen LogP contribution in [0.4, 0.5) is 0 Å². The second-order valence-corrected chi connectivity index (χ2v) is 6.57. The maximum absolute atomic E-state index is 5.92. The van der Waals surface area contributed by atoms with E-state index in [2.05, 4.69) is 66.1 Å². The van der Waals surface area contributed by atoms with Gasteiger partial charge in [-0.05, 0) is 19.1 Å². The van der Waals surface area contributed by atoms with Crippen LogP contribution in [0.1, 0.15) is 6.92 Å². The molecule has 130 valence electrons. The Morgan fingerprint density at radius 1 is 0.741 bits per heavy atom. The summed E-state index contributed by atoms with van der Waals surface area (Å²) >= 11 is 0. The number of hydrogen-bond acceptors (Lipinski definition) is 2. The predicted molar refractivity (Wildman–Crippen MR) is 109 cm³/mol. The van der Waals surface area contributed by atoms with Gasteiger partial charge in [0.2, 0.25) is 0 Å². The number of ether oxygens (including phenoxy) is 1. The molecule has 0 fully saturated rings. The lowest BCUT2D eigenvalue weighted by Crippen LogP contribution is -1.99. The van der Waals surface area contributed by atoms with E-state index in [1.165, 1.54) is 0 Å². The molecule has 0 amide bonds. The quantitative estimate of drug-likeness (QED) is 0.437. The van der Waals surface area contributed by atoms with Crippen LogP contribution in [0, 0.1) is 0 Å². The first-order valence-electron chi connectivity index (χ1n) is 9.00. The van der Waals surface area contributed by atoms with Gasteiger partial charge in [0.1, 0.15) is 17.8 Å². The van der Waals surface area contributed by atoms with E-state index in [4.69, 9.17) is 9.72 Å². The summed E-state index contributed by atoms with van der Waals surface area (Å²) in [6, 6.07) is 28.8. The number of nitrogens with zero attached hydrogens (tertiary/aromatic N) is 2. The maximum atomic E-state index is 5.92. The molecule has 0 N–H and O–H groups in total. The fraction of sp³-hybridized carbons (Fsp3) is 0.0417. The molecule has 0 radical (unpaired) electrons. The number of allylic oxidation sites excluding steroid dienone is 1. The van der Waals surface area contributed by atoms with Crippen molar-refractivity contribution in [2.24, 2.45) is 0 Å². The number of para-hydroxylation sites is 1. The van der Waals surface area contributed by atoms with Gasteiger partial charge in [-0.2, -0.15) is 0 Å². The molecule has 0 aliphatic carbocycles. The van der Waals surface area contributed by atoms with E-state index in [-0.39, 0.29) is 0 Å². The van der Waals surface area contributed by atoms with Crippen LogP contribution in [-0.4, -0.2) is 9.55 Å². The van der Waals surface area contributed by atoms with Crippen LogP contribution < -0.4 is 4.74 Å². The van der Waals surface area contributed by atoms with E-state index < -0.39 is 0 Å². The van der Waals surface area contributed by atoms with Crippen LogP contribution in [0.2, 0.25) is 0 Å². The molecule has 3 aromatic carbocycles. The average Bonchev–Trinajstić information content (AvgIpc) is 3.08. The normalized spacial score (nSPS) is 12.4. The first-order valence-corrected chi connectivity index (χ1v) is 9.00. The summed E-state index contributed by atoms with van der Waals surface area (Å²) in [5.74, 6) is 1.72. The highest BCUT2D eigenvalue weighted by Gasteiger charge is 2.25. The lowest BCUT2D eigenvalue weighted by Gasteiger charge is -2.11. The van der Waals surface area contributed by atoms with Crippen LogP contribution in [0.25, 0.3) is 39.6 Å². The van der Waals surface area contributed by atoms with Crippen molar-refractivity contribution in [1.82, 2.24) is 9.55 Å². The van der Waals surface area contributed by atoms with Gasteiger partial charge in [0, 0.05) is 11.1 Å². The third kappa shape index (κ3) is 2.56. The summed E-state index contributed by atoms with van der Waals surface area (Å²) in [5.41, 5.74) is 6.26. The molecule has 0 unspecified atom stereocenters. The monoisotopic (exact) mass is 350 g/mol. The molecule has 1 aliphatic heterocycles. The third-order valence-electron chi connectivity index (χ3n) is 4.81.